The summed E-state index contributed by atoms with van der Waals surface area (Å²) < 4.78 is 11.0. The number of carbonyl (C=O) groups excluding carboxylic acids is 2. The predicted octanol–water partition coefficient (Wildman–Crippen LogP) is 7.13. The Morgan fingerprint density at radius 3 is 1.08 bits per heavy atom. The van der Waals surface area contributed by atoms with Gasteiger partial charge in [-0.15, -0.1) is 0 Å². The molecular weight excluding hydrogens is 456 g/mol. The van der Waals surface area contributed by atoms with E-state index in [0.29, 0.717) is 12.8 Å². The second-order valence-electron chi connectivity index (χ2n) is 13.8. The first kappa shape index (κ1) is 34.9. The second-order valence-corrected chi connectivity index (χ2v) is 13.8. The van der Waals surface area contributed by atoms with Crippen LogP contribution in [0.25, 0.3) is 0 Å². The molecule has 0 aromatic heterocycles. The fraction of sp³-hybridized carbons (Fsp3) is 0.933. The third-order valence-corrected chi connectivity index (χ3v) is 6.45. The van der Waals surface area contributed by atoms with Crippen LogP contribution < -0.4 is 0 Å². The van der Waals surface area contributed by atoms with Gasteiger partial charge in [-0.3, -0.25) is 9.59 Å². The summed E-state index contributed by atoms with van der Waals surface area (Å²) in [6.45, 7) is 19.0. The van der Waals surface area contributed by atoms with E-state index >= 15 is 0 Å². The Kier molecular flexibility index (Phi) is 14.8. The Labute approximate surface area is 221 Å². The van der Waals surface area contributed by atoms with Crippen molar-refractivity contribution < 1.29 is 29.3 Å². The van der Waals surface area contributed by atoms with Gasteiger partial charge in [0.2, 0.25) is 0 Å². The van der Waals surface area contributed by atoms with E-state index in [1.165, 1.54) is 0 Å². The van der Waals surface area contributed by atoms with E-state index in [1.54, 1.807) is 0 Å². The number of aliphatic hydroxyl groups excluding tert-OH is 2. The van der Waals surface area contributed by atoms with Crippen LogP contribution in [0.15, 0.2) is 0 Å². The Morgan fingerprint density at radius 2 is 0.806 bits per heavy atom. The van der Waals surface area contributed by atoms with Crippen molar-refractivity contribution in [1.82, 2.24) is 0 Å². The summed E-state index contributed by atoms with van der Waals surface area (Å²) in [5.74, 6) is -0.305. The fourth-order valence-electron chi connectivity index (χ4n) is 3.97. The van der Waals surface area contributed by atoms with Crippen molar-refractivity contribution in [3.05, 3.63) is 0 Å². The summed E-state index contributed by atoms with van der Waals surface area (Å²) in [5, 5.41) is 20.6. The van der Waals surface area contributed by atoms with Gasteiger partial charge in [0.25, 0.3) is 0 Å². The average Bonchev–Trinajstić information content (AvgIpc) is 2.70. The molecule has 0 aromatic rings. The molecule has 0 aliphatic carbocycles. The van der Waals surface area contributed by atoms with Gasteiger partial charge in [0, 0.05) is 0 Å². The van der Waals surface area contributed by atoms with Crippen molar-refractivity contribution in [3.8, 4) is 0 Å². The molecule has 0 aromatic carbocycles. The Balaban J connectivity index is 3.96. The van der Waals surface area contributed by atoms with Crippen LogP contribution in [0.5, 0.6) is 0 Å². The maximum atomic E-state index is 12.3. The van der Waals surface area contributed by atoms with Gasteiger partial charge in [0.05, 0.1) is 23.0 Å². The molecule has 0 aliphatic rings. The molecule has 0 amide bonds. The number of hydrogen-bond donors (Lipinski definition) is 2. The van der Waals surface area contributed by atoms with Crippen molar-refractivity contribution in [2.75, 3.05) is 0 Å². The van der Waals surface area contributed by atoms with E-state index in [2.05, 4.69) is 0 Å². The first-order chi connectivity index (χ1) is 16.3. The van der Waals surface area contributed by atoms with E-state index < -0.39 is 34.2 Å². The van der Waals surface area contributed by atoms with Gasteiger partial charge in [0.1, 0.15) is 11.2 Å². The molecule has 0 spiro atoms. The third-order valence-electron chi connectivity index (χ3n) is 6.45. The second kappa shape index (κ2) is 15.3. The van der Waals surface area contributed by atoms with Crippen molar-refractivity contribution in [3.63, 3.8) is 0 Å². The summed E-state index contributed by atoms with van der Waals surface area (Å²) in [6, 6.07) is 0. The number of carbonyl (C=O) groups is 2. The molecule has 0 unspecified atom stereocenters. The zero-order chi connectivity index (χ0) is 28.2. The van der Waals surface area contributed by atoms with Crippen LogP contribution in [0.1, 0.15) is 146 Å². The van der Waals surface area contributed by atoms with E-state index in [1.807, 2.05) is 69.2 Å². The van der Waals surface area contributed by atoms with Crippen molar-refractivity contribution in [1.29, 1.82) is 0 Å². The smallest absolute Gasteiger partial charge is 0.312 e. The largest absolute Gasteiger partial charge is 0.460 e. The number of ether oxygens (including phenoxy) is 2. The minimum Gasteiger partial charge on any atom is -0.460 e. The van der Waals surface area contributed by atoms with Crippen LogP contribution in [0.3, 0.4) is 0 Å². The summed E-state index contributed by atoms with van der Waals surface area (Å²) >= 11 is 0. The molecule has 0 heterocycles. The molecule has 0 saturated heterocycles. The number of rotatable bonds is 17. The molecule has 214 valence electrons. The molecule has 0 rings (SSSR count). The molecular formula is C30H58O6. The first-order valence-corrected chi connectivity index (χ1v) is 14.1. The Bertz CT molecular complexity index is 583. The molecule has 36 heavy (non-hydrogen) atoms. The van der Waals surface area contributed by atoms with Gasteiger partial charge < -0.3 is 19.7 Å². The summed E-state index contributed by atoms with van der Waals surface area (Å²) in [6.07, 6.45) is 8.93. The maximum absolute atomic E-state index is 12.3. The molecule has 0 radical (unpaired) electrons. The number of unbranched alkanes of at least 4 members (excludes halogenated alkanes) is 6. The minimum atomic E-state index is -0.686. The molecule has 6 heteroatoms. The third kappa shape index (κ3) is 16.6. The highest BCUT2D eigenvalue weighted by Crippen LogP contribution is 2.29. The summed E-state index contributed by atoms with van der Waals surface area (Å²) in [5.41, 5.74) is -1.92. The van der Waals surface area contributed by atoms with Crippen LogP contribution in [0, 0.1) is 10.8 Å². The average molecular weight is 515 g/mol. The first-order valence-electron chi connectivity index (χ1n) is 14.1. The molecule has 2 N–H and O–H groups in total. The van der Waals surface area contributed by atoms with E-state index in [-0.39, 0.29) is 11.9 Å². The van der Waals surface area contributed by atoms with Crippen molar-refractivity contribution in [2.24, 2.45) is 10.8 Å². The lowest BCUT2D eigenvalue weighted by Crippen LogP contribution is -2.33. The number of esters is 2. The quantitative estimate of drug-likeness (QED) is 0.158. The van der Waals surface area contributed by atoms with Gasteiger partial charge in [-0.1, -0.05) is 51.4 Å². The van der Waals surface area contributed by atoms with Crippen LogP contribution in [0.2, 0.25) is 0 Å². The molecule has 0 saturated carbocycles. The predicted molar refractivity (Wildman–Crippen MR) is 147 cm³/mol. The summed E-state index contributed by atoms with van der Waals surface area (Å²) in [7, 11) is 0. The van der Waals surface area contributed by atoms with Gasteiger partial charge in [0.15, 0.2) is 0 Å². The summed E-state index contributed by atoms with van der Waals surface area (Å²) in [4.78, 5) is 24.6. The number of hydrogen-bond acceptors (Lipinski definition) is 6. The number of aliphatic hydroxyl groups is 2. The van der Waals surface area contributed by atoms with Crippen LogP contribution in [-0.4, -0.2) is 45.6 Å². The van der Waals surface area contributed by atoms with Crippen LogP contribution in [0.4, 0.5) is 0 Å². The van der Waals surface area contributed by atoms with Gasteiger partial charge in [-0.25, -0.2) is 0 Å². The standard InChI is InChI=1S/C30H58O6/c1-27(2,3)35-25(33)29(7,8)21-17-13-11-15-19-23(31)24(32)20-16-12-14-18-22-30(9,10)26(34)36-28(4,5)6/h23-24,31-32H,11-22H2,1-10H3/t23-,24-/m0/s1. The van der Waals surface area contributed by atoms with Crippen LogP contribution in [-0.2, 0) is 19.1 Å². The maximum Gasteiger partial charge on any atom is 0.312 e. The van der Waals surface area contributed by atoms with E-state index in [9.17, 15) is 19.8 Å². The Morgan fingerprint density at radius 1 is 0.528 bits per heavy atom. The fourth-order valence-corrected chi connectivity index (χ4v) is 3.97. The molecule has 6 nitrogen and oxygen atoms in total. The van der Waals surface area contributed by atoms with Crippen molar-refractivity contribution in [2.45, 2.75) is 170 Å². The lowest BCUT2D eigenvalue weighted by atomic mass is 9.86. The van der Waals surface area contributed by atoms with Crippen molar-refractivity contribution >= 4 is 11.9 Å². The van der Waals surface area contributed by atoms with E-state index in [4.69, 9.17) is 9.47 Å². The SMILES string of the molecule is CC(C)(C)OC(=O)C(C)(C)CCCCCC[C@H](O)[C@@H](O)CCCCCCC(C)(C)C(=O)OC(C)(C)C. The molecule has 2 atom stereocenters. The lowest BCUT2D eigenvalue weighted by molar-refractivity contribution is -0.167. The topological polar surface area (TPSA) is 93.1 Å². The molecule has 0 fully saturated rings. The lowest BCUT2D eigenvalue weighted by Gasteiger charge is -2.28. The minimum absolute atomic E-state index is 0.153. The zero-order valence-electron chi connectivity index (χ0n) is 25.2. The highest BCUT2D eigenvalue weighted by atomic mass is 16.6. The van der Waals surface area contributed by atoms with E-state index in [0.717, 1.165) is 64.2 Å². The normalized spacial score (nSPS) is 14.9. The molecule has 0 aliphatic heterocycles. The highest BCUT2D eigenvalue weighted by Gasteiger charge is 2.33. The Hall–Kier alpha value is -1.14. The zero-order valence-corrected chi connectivity index (χ0v) is 25.2. The van der Waals surface area contributed by atoms with Gasteiger partial charge >= 0.3 is 11.9 Å². The highest BCUT2D eigenvalue weighted by molar-refractivity contribution is 5.76. The molecule has 0 bridgehead atoms. The monoisotopic (exact) mass is 514 g/mol. The van der Waals surface area contributed by atoms with Gasteiger partial charge in [-0.2, -0.15) is 0 Å². The van der Waals surface area contributed by atoms with Gasteiger partial charge in [-0.05, 0) is 94.9 Å². The van der Waals surface area contributed by atoms with Crippen LogP contribution >= 0.6 is 0 Å².